The third kappa shape index (κ3) is 4.94. The Kier molecular flexibility index (Phi) is 7.05. The molecular formula is C31H22I2O3S. The fourth-order valence-electron chi connectivity index (χ4n) is 4.50. The molecule has 5 aromatic rings. The predicted molar refractivity (Wildman–Crippen MR) is 167 cm³/mol. The van der Waals surface area contributed by atoms with Gasteiger partial charge in [-0.3, -0.25) is 0 Å². The van der Waals surface area contributed by atoms with Crippen LogP contribution in [0.3, 0.4) is 0 Å². The molecule has 0 radical (unpaired) electrons. The number of halogens is 2. The van der Waals surface area contributed by atoms with Crippen molar-refractivity contribution in [1.29, 1.82) is 0 Å². The van der Waals surface area contributed by atoms with Crippen LogP contribution < -0.4 is 14.2 Å². The van der Waals surface area contributed by atoms with Crippen molar-refractivity contribution in [2.45, 2.75) is 14.7 Å². The van der Waals surface area contributed by atoms with Gasteiger partial charge >= 0.3 is 0 Å². The molecule has 184 valence electrons. The van der Waals surface area contributed by atoms with Crippen molar-refractivity contribution in [3.05, 3.63) is 116 Å². The van der Waals surface area contributed by atoms with E-state index in [1.807, 2.05) is 48.5 Å². The van der Waals surface area contributed by atoms with Crippen molar-refractivity contribution in [1.82, 2.24) is 0 Å². The van der Waals surface area contributed by atoms with Gasteiger partial charge in [0, 0.05) is 21.8 Å². The van der Waals surface area contributed by atoms with E-state index >= 15 is 0 Å². The Balaban J connectivity index is 1.52. The lowest BCUT2D eigenvalue weighted by molar-refractivity contribution is 0.351. The van der Waals surface area contributed by atoms with Gasteiger partial charge in [-0.05, 0) is 129 Å². The molecule has 0 aliphatic carbocycles. The molecule has 5 aromatic carbocycles. The Labute approximate surface area is 246 Å². The maximum absolute atomic E-state index is 6.43. The normalized spacial score (nSPS) is 12.6. The topological polar surface area (TPSA) is 27.7 Å². The fourth-order valence-corrected chi connectivity index (χ4v) is 7.87. The first-order valence-corrected chi connectivity index (χ1v) is 15.2. The van der Waals surface area contributed by atoms with Gasteiger partial charge in [-0.2, -0.15) is 10.9 Å². The molecule has 6 rings (SSSR count). The minimum absolute atomic E-state index is 0.566. The number of hydrogen-bond acceptors (Lipinski definition) is 3. The van der Waals surface area contributed by atoms with Crippen LogP contribution in [0.2, 0.25) is 0 Å². The zero-order valence-corrected chi connectivity index (χ0v) is 25.0. The predicted octanol–water partition coefficient (Wildman–Crippen LogP) is 9.95. The number of methoxy groups -OCH3 is 1. The summed E-state index contributed by atoms with van der Waals surface area (Å²) in [5.41, 5.74) is 2.58. The summed E-state index contributed by atoms with van der Waals surface area (Å²) >= 11 is 4.59. The Morgan fingerprint density at radius 1 is 0.568 bits per heavy atom. The number of fused-ring (bicyclic) bond motifs is 3. The quantitative estimate of drug-likeness (QED) is 0.137. The first kappa shape index (κ1) is 24.6. The van der Waals surface area contributed by atoms with Crippen LogP contribution >= 0.6 is 56.1 Å². The van der Waals surface area contributed by atoms with E-state index in [0.29, 0.717) is 17.2 Å². The summed E-state index contributed by atoms with van der Waals surface area (Å²) in [6.45, 7) is 0. The number of ether oxygens (including phenoxy) is 3. The summed E-state index contributed by atoms with van der Waals surface area (Å²) in [5, 5.41) is 0. The second kappa shape index (κ2) is 10.6. The average molecular weight is 728 g/mol. The molecule has 0 saturated heterocycles. The van der Waals surface area contributed by atoms with E-state index in [-0.39, 0.29) is 0 Å². The van der Waals surface area contributed by atoms with Crippen LogP contribution in [0, 0.1) is 7.14 Å². The Morgan fingerprint density at radius 3 is 1.43 bits per heavy atom. The molecule has 6 heteroatoms. The van der Waals surface area contributed by atoms with Gasteiger partial charge in [0.2, 0.25) is 5.75 Å². The van der Waals surface area contributed by atoms with Crippen molar-refractivity contribution in [3.8, 4) is 39.9 Å². The standard InChI is InChI=1S/C31H22I2O3S/c1-34-31-27(35-22-14-10-20(32)11-15-22)18-24(19-28(31)36-23-16-12-21(33)13-17-23)37-29-8-4-2-6-25(29)26-7-3-5-9-30(26)37/h2-19,37H,1H3. The van der Waals surface area contributed by atoms with Gasteiger partial charge in [-0.25, -0.2) is 0 Å². The van der Waals surface area contributed by atoms with Gasteiger partial charge in [0.1, 0.15) is 11.5 Å². The van der Waals surface area contributed by atoms with Crippen LogP contribution in [0.25, 0.3) is 11.1 Å². The van der Waals surface area contributed by atoms with E-state index in [1.54, 1.807) is 7.11 Å². The molecule has 0 saturated carbocycles. The highest BCUT2D eigenvalue weighted by molar-refractivity contribution is 14.1. The molecule has 0 atom stereocenters. The minimum Gasteiger partial charge on any atom is -0.490 e. The van der Waals surface area contributed by atoms with Crippen LogP contribution in [-0.2, 0) is 0 Å². The largest absolute Gasteiger partial charge is 0.490 e. The average Bonchev–Trinajstić information content (AvgIpc) is 3.26. The third-order valence-corrected chi connectivity index (χ3v) is 10.1. The Morgan fingerprint density at radius 2 is 1.00 bits per heavy atom. The summed E-state index contributed by atoms with van der Waals surface area (Å²) < 4.78 is 21.0. The summed E-state index contributed by atoms with van der Waals surface area (Å²) in [4.78, 5) is 3.82. The molecule has 0 spiro atoms. The van der Waals surface area contributed by atoms with Crippen LogP contribution in [0.15, 0.2) is 124 Å². The minimum atomic E-state index is -0.799. The highest BCUT2D eigenvalue weighted by Gasteiger charge is 2.29. The molecule has 0 amide bonds. The molecule has 0 bridgehead atoms. The number of benzene rings is 5. The fraction of sp³-hybridized carbons (Fsp3) is 0.0323. The van der Waals surface area contributed by atoms with Crippen LogP contribution in [0.4, 0.5) is 0 Å². The first-order chi connectivity index (χ1) is 18.1. The molecule has 3 nitrogen and oxygen atoms in total. The Hall–Kier alpha value is -2.69. The smallest absolute Gasteiger partial charge is 0.204 e. The second-order valence-corrected chi connectivity index (χ2v) is 13.1. The molecule has 1 aliphatic rings. The Bertz CT molecular complexity index is 1470. The van der Waals surface area contributed by atoms with E-state index in [4.69, 9.17) is 14.2 Å². The molecule has 37 heavy (non-hydrogen) atoms. The van der Waals surface area contributed by atoms with Crippen molar-refractivity contribution in [2.24, 2.45) is 0 Å². The summed E-state index contributed by atoms with van der Waals surface area (Å²) in [7, 11) is 0.856. The van der Waals surface area contributed by atoms with Crippen molar-refractivity contribution < 1.29 is 14.2 Å². The summed E-state index contributed by atoms with van der Waals surface area (Å²) in [5.74, 6) is 3.32. The van der Waals surface area contributed by atoms with Crippen LogP contribution in [-0.4, -0.2) is 7.11 Å². The van der Waals surface area contributed by atoms with E-state index in [0.717, 1.165) is 23.5 Å². The molecule has 0 fully saturated rings. The van der Waals surface area contributed by atoms with E-state index < -0.39 is 10.9 Å². The lowest BCUT2D eigenvalue weighted by Gasteiger charge is -2.23. The maximum atomic E-state index is 6.43. The maximum Gasteiger partial charge on any atom is 0.204 e. The molecule has 1 aliphatic heterocycles. The van der Waals surface area contributed by atoms with E-state index in [2.05, 4.69) is 106 Å². The molecule has 1 heterocycles. The highest BCUT2D eigenvalue weighted by atomic mass is 127. The lowest BCUT2D eigenvalue weighted by Crippen LogP contribution is -1.97. The monoisotopic (exact) mass is 728 g/mol. The van der Waals surface area contributed by atoms with E-state index in [1.165, 1.54) is 20.9 Å². The van der Waals surface area contributed by atoms with Crippen LogP contribution in [0.1, 0.15) is 0 Å². The second-order valence-electron chi connectivity index (χ2n) is 8.46. The van der Waals surface area contributed by atoms with Gasteiger partial charge < -0.3 is 14.2 Å². The van der Waals surface area contributed by atoms with Gasteiger partial charge in [-0.15, -0.1) is 0 Å². The first-order valence-electron chi connectivity index (χ1n) is 11.7. The number of hydrogen-bond donors (Lipinski definition) is 1. The number of rotatable bonds is 6. The third-order valence-electron chi connectivity index (χ3n) is 6.13. The van der Waals surface area contributed by atoms with Gasteiger partial charge in [0.15, 0.2) is 11.5 Å². The molecule has 0 unspecified atom stereocenters. The molecular weight excluding hydrogens is 706 g/mol. The van der Waals surface area contributed by atoms with Crippen molar-refractivity contribution in [2.75, 3.05) is 7.11 Å². The van der Waals surface area contributed by atoms with E-state index in [9.17, 15) is 0 Å². The lowest BCUT2D eigenvalue weighted by atomic mass is 10.1. The van der Waals surface area contributed by atoms with Gasteiger partial charge in [0.05, 0.1) is 7.11 Å². The SMILES string of the molecule is COc1c(Oc2ccc(I)cc2)cc([SH]2c3ccccc3-c3ccccc32)cc1Oc1ccc(I)cc1. The van der Waals surface area contributed by atoms with Crippen LogP contribution in [0.5, 0.6) is 28.7 Å². The number of thiol groups is 1. The summed E-state index contributed by atoms with van der Waals surface area (Å²) in [6.07, 6.45) is 0. The van der Waals surface area contributed by atoms with Gasteiger partial charge in [0.25, 0.3) is 0 Å². The molecule has 0 N–H and O–H groups in total. The summed E-state index contributed by atoms with van der Waals surface area (Å²) in [6, 6.07) is 37.6. The molecule has 0 aromatic heterocycles. The zero-order chi connectivity index (χ0) is 25.4. The van der Waals surface area contributed by atoms with Crippen molar-refractivity contribution >= 4 is 56.1 Å². The zero-order valence-electron chi connectivity index (χ0n) is 19.8. The van der Waals surface area contributed by atoms with Crippen molar-refractivity contribution in [3.63, 3.8) is 0 Å². The highest BCUT2D eigenvalue weighted by Crippen LogP contribution is 2.64. The van der Waals surface area contributed by atoms with Gasteiger partial charge in [-0.1, -0.05) is 36.4 Å².